The van der Waals surface area contributed by atoms with Crippen molar-refractivity contribution in [3.8, 4) is 6.07 Å². The fourth-order valence-electron chi connectivity index (χ4n) is 3.64. The first-order valence-corrected chi connectivity index (χ1v) is 8.97. The van der Waals surface area contributed by atoms with Crippen LogP contribution < -0.4 is 5.32 Å². The van der Waals surface area contributed by atoms with Crippen LogP contribution in [0.4, 0.5) is 5.00 Å². The molecule has 0 aliphatic heterocycles. The maximum Gasteiger partial charge on any atom is 0.307 e. The first-order valence-electron chi connectivity index (χ1n) is 8.16. The number of amides is 1. The molecule has 2 aliphatic rings. The Morgan fingerprint density at radius 1 is 1.21 bits per heavy atom. The highest BCUT2D eigenvalue weighted by molar-refractivity contribution is 7.16. The number of fused-ring (bicyclic) bond motifs is 1. The number of hydrogen-bond acceptors (Lipinski definition) is 4. The zero-order valence-electron chi connectivity index (χ0n) is 13.8. The smallest absolute Gasteiger partial charge is 0.307 e. The number of hydrogen-bond donors (Lipinski definition) is 2. The molecule has 2 atom stereocenters. The van der Waals surface area contributed by atoms with E-state index in [1.54, 1.807) is 0 Å². The van der Waals surface area contributed by atoms with Crippen LogP contribution in [0.25, 0.3) is 0 Å². The third-order valence-electron chi connectivity index (χ3n) is 5.19. The lowest BCUT2D eigenvalue weighted by atomic mass is 9.76. The largest absolute Gasteiger partial charge is 0.481 e. The van der Waals surface area contributed by atoms with Crippen LogP contribution in [0.15, 0.2) is 11.1 Å². The molecule has 0 bridgehead atoms. The lowest BCUT2D eigenvalue weighted by Crippen LogP contribution is -2.36. The van der Waals surface area contributed by atoms with Crippen molar-refractivity contribution in [1.29, 1.82) is 5.26 Å². The summed E-state index contributed by atoms with van der Waals surface area (Å²) < 4.78 is 0. The molecule has 1 amide bonds. The Kier molecular flexibility index (Phi) is 4.46. The Labute approximate surface area is 145 Å². The summed E-state index contributed by atoms with van der Waals surface area (Å²) in [5.41, 5.74) is 3.76. The minimum atomic E-state index is -0.934. The average molecular weight is 344 g/mol. The second-order valence-corrected chi connectivity index (χ2v) is 7.79. The highest BCUT2D eigenvalue weighted by Crippen LogP contribution is 2.40. The van der Waals surface area contributed by atoms with E-state index in [2.05, 4.69) is 11.4 Å². The van der Waals surface area contributed by atoms with E-state index in [0.717, 1.165) is 36.0 Å². The van der Waals surface area contributed by atoms with Gasteiger partial charge in [-0.2, -0.15) is 5.26 Å². The van der Waals surface area contributed by atoms with Gasteiger partial charge in [0.25, 0.3) is 0 Å². The summed E-state index contributed by atoms with van der Waals surface area (Å²) in [5.74, 6) is -2.51. The summed E-state index contributed by atoms with van der Waals surface area (Å²) in [6, 6.07) is 2.20. The molecule has 0 saturated heterocycles. The summed E-state index contributed by atoms with van der Waals surface area (Å²) in [7, 11) is 0. The zero-order chi connectivity index (χ0) is 17.4. The predicted molar refractivity (Wildman–Crippen MR) is 91.9 cm³/mol. The normalized spacial score (nSPS) is 22.9. The van der Waals surface area contributed by atoms with Gasteiger partial charge in [0.15, 0.2) is 0 Å². The van der Waals surface area contributed by atoms with Gasteiger partial charge in [-0.05, 0) is 51.5 Å². The van der Waals surface area contributed by atoms with E-state index in [1.807, 2.05) is 13.8 Å². The molecule has 6 heteroatoms. The summed E-state index contributed by atoms with van der Waals surface area (Å²) in [6.45, 7) is 3.88. The van der Waals surface area contributed by atoms with Crippen molar-refractivity contribution in [2.75, 3.05) is 5.32 Å². The van der Waals surface area contributed by atoms with Crippen molar-refractivity contribution >= 4 is 28.2 Å². The van der Waals surface area contributed by atoms with Crippen molar-refractivity contribution in [1.82, 2.24) is 0 Å². The Bertz CT molecular complexity index is 785. The van der Waals surface area contributed by atoms with E-state index < -0.39 is 17.8 Å². The van der Waals surface area contributed by atoms with Crippen molar-refractivity contribution in [3.05, 3.63) is 27.2 Å². The van der Waals surface area contributed by atoms with Crippen molar-refractivity contribution in [3.63, 3.8) is 0 Å². The van der Waals surface area contributed by atoms with Crippen LogP contribution in [-0.4, -0.2) is 17.0 Å². The Morgan fingerprint density at radius 2 is 1.88 bits per heavy atom. The van der Waals surface area contributed by atoms with Crippen LogP contribution in [0.2, 0.25) is 0 Å². The Morgan fingerprint density at radius 3 is 2.50 bits per heavy atom. The second-order valence-electron chi connectivity index (χ2n) is 6.68. The lowest BCUT2D eigenvalue weighted by molar-refractivity contribution is -0.146. The number of nitrogens with zero attached hydrogens (tertiary/aromatic N) is 1. The summed E-state index contributed by atoms with van der Waals surface area (Å²) >= 11 is 1.46. The fraction of sp³-hybridized carbons (Fsp3) is 0.500. The van der Waals surface area contributed by atoms with E-state index in [9.17, 15) is 20.0 Å². The minimum Gasteiger partial charge on any atom is -0.481 e. The van der Waals surface area contributed by atoms with Crippen LogP contribution in [0.5, 0.6) is 0 Å². The SMILES string of the molecule is CC1=C(C)C[C@@H](C(=O)Nc2sc3c(c2C#N)CCC3)[C@@H](C(=O)O)C1. The van der Waals surface area contributed by atoms with Crippen molar-refractivity contribution < 1.29 is 14.7 Å². The van der Waals surface area contributed by atoms with Crippen LogP contribution >= 0.6 is 11.3 Å². The number of aryl methyl sites for hydroxylation is 1. The van der Waals surface area contributed by atoms with Crippen LogP contribution in [0, 0.1) is 23.2 Å². The van der Waals surface area contributed by atoms with E-state index in [1.165, 1.54) is 16.2 Å². The number of carboxylic acids is 1. The number of nitriles is 1. The van der Waals surface area contributed by atoms with E-state index >= 15 is 0 Å². The molecule has 2 aliphatic carbocycles. The summed E-state index contributed by atoms with van der Waals surface area (Å²) in [6.07, 6.45) is 3.75. The molecule has 1 aromatic heterocycles. The molecular weight excluding hydrogens is 324 g/mol. The monoisotopic (exact) mass is 344 g/mol. The molecule has 0 aromatic carbocycles. The van der Waals surface area contributed by atoms with Gasteiger partial charge in [0.05, 0.1) is 17.4 Å². The fourth-order valence-corrected chi connectivity index (χ4v) is 4.89. The molecule has 0 unspecified atom stereocenters. The second kappa shape index (κ2) is 6.40. The zero-order valence-corrected chi connectivity index (χ0v) is 14.6. The summed E-state index contributed by atoms with van der Waals surface area (Å²) in [5, 5.41) is 22.3. The number of anilines is 1. The first kappa shape index (κ1) is 16.7. The number of carbonyl (C=O) groups excluding carboxylic acids is 1. The molecule has 1 aromatic rings. The number of carboxylic acid groups (broad SMARTS) is 1. The number of rotatable bonds is 3. The van der Waals surface area contributed by atoms with E-state index in [4.69, 9.17) is 0 Å². The molecule has 1 heterocycles. The Balaban J connectivity index is 1.85. The molecule has 0 spiro atoms. The van der Waals surface area contributed by atoms with Crippen LogP contribution in [0.1, 0.15) is 49.1 Å². The van der Waals surface area contributed by atoms with Crippen molar-refractivity contribution in [2.24, 2.45) is 11.8 Å². The van der Waals surface area contributed by atoms with Crippen LogP contribution in [0.3, 0.4) is 0 Å². The molecule has 126 valence electrons. The molecular formula is C18H20N2O3S. The molecule has 2 N–H and O–H groups in total. The van der Waals surface area contributed by atoms with Gasteiger partial charge in [-0.15, -0.1) is 11.3 Å². The van der Waals surface area contributed by atoms with Gasteiger partial charge in [-0.3, -0.25) is 9.59 Å². The third-order valence-corrected chi connectivity index (χ3v) is 6.40. The van der Waals surface area contributed by atoms with Crippen molar-refractivity contribution in [2.45, 2.75) is 46.0 Å². The number of thiophene rings is 1. The highest BCUT2D eigenvalue weighted by Gasteiger charge is 2.38. The number of carbonyl (C=O) groups is 2. The van der Waals surface area contributed by atoms with E-state index in [-0.39, 0.29) is 5.91 Å². The van der Waals surface area contributed by atoms with Gasteiger partial charge >= 0.3 is 5.97 Å². The summed E-state index contributed by atoms with van der Waals surface area (Å²) in [4.78, 5) is 25.5. The topological polar surface area (TPSA) is 90.2 Å². The van der Waals surface area contributed by atoms with Gasteiger partial charge in [0.2, 0.25) is 5.91 Å². The maximum atomic E-state index is 12.7. The number of allylic oxidation sites excluding steroid dienone is 2. The highest BCUT2D eigenvalue weighted by atomic mass is 32.1. The first-order chi connectivity index (χ1) is 11.4. The average Bonchev–Trinajstić information content (AvgIpc) is 3.09. The predicted octanol–water partition coefficient (Wildman–Crippen LogP) is 3.49. The van der Waals surface area contributed by atoms with Gasteiger partial charge in [0.1, 0.15) is 11.1 Å². The van der Waals surface area contributed by atoms with Gasteiger partial charge in [-0.25, -0.2) is 0 Å². The molecule has 24 heavy (non-hydrogen) atoms. The van der Waals surface area contributed by atoms with E-state index in [0.29, 0.717) is 23.4 Å². The molecule has 5 nitrogen and oxygen atoms in total. The molecule has 3 rings (SSSR count). The van der Waals surface area contributed by atoms with Gasteiger partial charge in [-0.1, -0.05) is 11.1 Å². The third kappa shape index (κ3) is 2.84. The minimum absolute atomic E-state index is 0.286. The number of nitrogens with one attached hydrogen (secondary N) is 1. The lowest BCUT2D eigenvalue weighted by Gasteiger charge is -2.29. The maximum absolute atomic E-state index is 12.7. The quantitative estimate of drug-likeness (QED) is 0.821. The molecule has 0 saturated carbocycles. The molecule has 0 radical (unpaired) electrons. The molecule has 0 fully saturated rings. The van der Waals surface area contributed by atoms with Gasteiger partial charge in [0, 0.05) is 4.88 Å². The standard InChI is InChI=1S/C18H20N2O3S/c1-9-6-12(13(18(22)23)7-10(9)2)16(21)20-17-14(8-19)11-4-3-5-15(11)24-17/h12-13H,3-7H2,1-2H3,(H,20,21)(H,22,23)/t12-,13+/m1/s1. The van der Waals surface area contributed by atoms with Gasteiger partial charge < -0.3 is 10.4 Å². The van der Waals surface area contributed by atoms with Crippen LogP contribution in [-0.2, 0) is 22.4 Å². The number of aliphatic carboxylic acids is 1. The Hall–Kier alpha value is -2.13.